The van der Waals surface area contributed by atoms with Crippen molar-refractivity contribution in [1.29, 1.82) is 0 Å². The maximum absolute atomic E-state index is 6.03. The van der Waals surface area contributed by atoms with Crippen LogP contribution in [0.1, 0.15) is 6.92 Å². The van der Waals surface area contributed by atoms with Crippen LogP contribution in [0.3, 0.4) is 0 Å². The Morgan fingerprint density at radius 2 is 1.93 bits per heavy atom. The average Bonchev–Trinajstić information content (AvgIpc) is 2.20. The highest BCUT2D eigenvalue weighted by atomic mass is 35.6. The summed E-state index contributed by atoms with van der Waals surface area (Å²) >= 11 is 6.03. The molecule has 0 aliphatic carbocycles. The van der Waals surface area contributed by atoms with Crippen molar-refractivity contribution in [3.05, 3.63) is 30.3 Å². The average molecular weight is 233 g/mol. The van der Waals surface area contributed by atoms with Crippen molar-refractivity contribution < 1.29 is 13.3 Å². The lowest BCUT2D eigenvalue weighted by Crippen LogP contribution is -2.42. The molecule has 0 heterocycles. The molecule has 0 radical (unpaired) electrons. The van der Waals surface area contributed by atoms with E-state index in [-0.39, 0.29) is 0 Å². The van der Waals surface area contributed by atoms with Crippen molar-refractivity contribution in [3.63, 3.8) is 0 Å². The predicted octanol–water partition coefficient (Wildman–Crippen LogP) is 2.42. The van der Waals surface area contributed by atoms with Crippen LogP contribution in [0.4, 0.5) is 0 Å². The third kappa shape index (κ3) is 3.30. The molecule has 0 amide bonds. The summed E-state index contributed by atoms with van der Waals surface area (Å²) in [5.41, 5.74) is 0. The van der Waals surface area contributed by atoms with Crippen LogP contribution in [-0.2, 0) is 8.85 Å². The minimum Gasteiger partial charge on any atom is -0.490 e. The van der Waals surface area contributed by atoms with Gasteiger partial charge in [0.05, 0.1) is 0 Å². The molecular formula is C9H13ClO3Si. The zero-order valence-corrected chi connectivity index (χ0v) is 9.95. The van der Waals surface area contributed by atoms with Crippen molar-refractivity contribution >= 4 is 19.2 Å². The van der Waals surface area contributed by atoms with Crippen LogP contribution >= 0.6 is 11.1 Å². The van der Waals surface area contributed by atoms with Gasteiger partial charge in [0, 0.05) is 13.7 Å². The zero-order valence-electron chi connectivity index (χ0n) is 8.20. The Hall–Kier alpha value is -0.553. The largest absolute Gasteiger partial charge is 0.680 e. The molecule has 1 rings (SSSR count). The van der Waals surface area contributed by atoms with Gasteiger partial charge >= 0.3 is 8.11 Å². The van der Waals surface area contributed by atoms with E-state index in [1.165, 1.54) is 7.11 Å². The zero-order chi connectivity index (χ0) is 10.4. The molecule has 0 saturated heterocycles. The van der Waals surface area contributed by atoms with E-state index in [0.29, 0.717) is 12.4 Å². The fraction of sp³-hybridized carbons (Fsp3) is 0.333. The molecule has 0 spiro atoms. The molecule has 5 heteroatoms. The summed E-state index contributed by atoms with van der Waals surface area (Å²) in [5.74, 6) is 0.657. The lowest BCUT2D eigenvalue weighted by atomic mass is 10.3. The first-order chi connectivity index (χ1) is 6.70. The van der Waals surface area contributed by atoms with Gasteiger partial charge < -0.3 is 13.3 Å². The smallest absolute Gasteiger partial charge is 0.490 e. The summed E-state index contributed by atoms with van der Waals surface area (Å²) < 4.78 is 15.7. The molecule has 0 fully saturated rings. The second kappa shape index (κ2) is 5.36. The molecule has 3 nitrogen and oxygen atoms in total. The van der Waals surface area contributed by atoms with Gasteiger partial charge in [0.2, 0.25) is 0 Å². The highest BCUT2D eigenvalue weighted by Gasteiger charge is 2.40. The molecular weight excluding hydrogens is 220 g/mol. The van der Waals surface area contributed by atoms with Crippen LogP contribution in [0.25, 0.3) is 0 Å². The van der Waals surface area contributed by atoms with Gasteiger partial charge in [0.1, 0.15) is 5.75 Å². The third-order valence-electron chi connectivity index (χ3n) is 1.54. The van der Waals surface area contributed by atoms with Gasteiger partial charge in [-0.1, -0.05) is 29.3 Å². The number of hydrogen-bond acceptors (Lipinski definition) is 3. The minimum atomic E-state index is -2.99. The molecule has 0 N–H and O–H groups in total. The van der Waals surface area contributed by atoms with E-state index in [9.17, 15) is 0 Å². The monoisotopic (exact) mass is 232 g/mol. The summed E-state index contributed by atoms with van der Waals surface area (Å²) in [6.45, 7) is 2.31. The van der Waals surface area contributed by atoms with Gasteiger partial charge in [-0.3, -0.25) is 0 Å². The van der Waals surface area contributed by atoms with Gasteiger partial charge in [0.25, 0.3) is 0 Å². The Balaban J connectivity index is 2.65. The Morgan fingerprint density at radius 3 is 2.43 bits per heavy atom. The molecule has 1 atom stereocenters. The lowest BCUT2D eigenvalue weighted by Gasteiger charge is -2.20. The lowest BCUT2D eigenvalue weighted by molar-refractivity contribution is 0.162. The molecule has 1 aromatic rings. The number of para-hydroxylation sites is 1. The highest BCUT2D eigenvalue weighted by Crippen LogP contribution is 2.19. The normalized spacial score (nSPS) is 14.8. The van der Waals surface area contributed by atoms with Crippen LogP contribution in [0.15, 0.2) is 30.3 Å². The summed E-state index contributed by atoms with van der Waals surface area (Å²) in [6.07, 6.45) is 0. The first-order valence-electron chi connectivity index (χ1n) is 4.32. The molecule has 1 aromatic carbocycles. The molecule has 14 heavy (non-hydrogen) atoms. The quantitative estimate of drug-likeness (QED) is 0.577. The molecule has 78 valence electrons. The summed E-state index contributed by atoms with van der Waals surface area (Å²) in [5, 5.41) is 0. The van der Waals surface area contributed by atoms with Crippen LogP contribution < -0.4 is 4.43 Å². The number of benzene rings is 1. The first kappa shape index (κ1) is 11.5. The molecule has 0 aromatic heterocycles. The number of rotatable bonds is 5. The summed E-state index contributed by atoms with van der Waals surface area (Å²) in [6, 6.07) is 9.24. The molecule has 0 bridgehead atoms. The van der Waals surface area contributed by atoms with Crippen molar-refractivity contribution in [3.8, 4) is 5.75 Å². The van der Waals surface area contributed by atoms with E-state index < -0.39 is 8.11 Å². The van der Waals surface area contributed by atoms with Crippen LogP contribution in [0.5, 0.6) is 5.75 Å². The predicted molar refractivity (Wildman–Crippen MR) is 57.3 cm³/mol. The second-order valence-corrected chi connectivity index (χ2v) is 5.79. The Labute approximate surface area is 89.6 Å². The van der Waals surface area contributed by atoms with Gasteiger partial charge in [-0.25, -0.2) is 0 Å². The molecule has 1 unspecified atom stereocenters. The van der Waals surface area contributed by atoms with Crippen molar-refractivity contribution in [2.24, 2.45) is 0 Å². The first-order valence-corrected chi connectivity index (χ1v) is 7.06. The molecule has 0 aliphatic heterocycles. The van der Waals surface area contributed by atoms with Gasteiger partial charge in [-0.15, -0.1) is 0 Å². The number of hydrogen-bond donors (Lipinski definition) is 0. The Kier molecular flexibility index (Phi) is 4.41. The fourth-order valence-corrected chi connectivity index (χ4v) is 2.55. The second-order valence-electron chi connectivity index (χ2n) is 2.53. The minimum absolute atomic E-state index is 0.469. The van der Waals surface area contributed by atoms with Crippen molar-refractivity contribution in [2.75, 3.05) is 13.7 Å². The van der Waals surface area contributed by atoms with Crippen LogP contribution in [0, 0.1) is 0 Å². The van der Waals surface area contributed by atoms with Gasteiger partial charge in [0.15, 0.2) is 0 Å². The van der Waals surface area contributed by atoms with Crippen LogP contribution in [0.2, 0.25) is 0 Å². The standard InChI is InChI=1S/C9H13ClO3Si/c1-3-12-14(10,11-2)13-9-7-5-4-6-8-9/h4-8H,3H2,1-2H3. The third-order valence-corrected chi connectivity index (χ3v) is 4.17. The maximum Gasteiger partial charge on any atom is 0.680 e. The van der Waals surface area contributed by atoms with E-state index in [0.717, 1.165) is 0 Å². The maximum atomic E-state index is 6.03. The summed E-state index contributed by atoms with van der Waals surface area (Å²) in [4.78, 5) is 0. The van der Waals surface area contributed by atoms with Crippen LogP contribution in [-0.4, -0.2) is 21.8 Å². The Bertz CT molecular complexity index is 270. The summed E-state index contributed by atoms with van der Waals surface area (Å²) in [7, 11) is -1.51. The van der Waals surface area contributed by atoms with E-state index in [1.54, 1.807) is 0 Å². The van der Waals surface area contributed by atoms with Gasteiger partial charge in [-0.2, -0.15) is 0 Å². The van der Waals surface area contributed by atoms with Gasteiger partial charge in [-0.05, 0) is 19.1 Å². The van der Waals surface area contributed by atoms with E-state index in [2.05, 4.69) is 0 Å². The van der Waals surface area contributed by atoms with E-state index in [1.807, 2.05) is 37.3 Å². The highest BCUT2D eigenvalue weighted by molar-refractivity contribution is 7.09. The topological polar surface area (TPSA) is 27.7 Å². The Morgan fingerprint density at radius 1 is 1.29 bits per heavy atom. The van der Waals surface area contributed by atoms with E-state index >= 15 is 0 Å². The molecule has 0 saturated carbocycles. The van der Waals surface area contributed by atoms with E-state index in [4.69, 9.17) is 24.4 Å². The number of halogens is 1. The van der Waals surface area contributed by atoms with Crippen molar-refractivity contribution in [1.82, 2.24) is 0 Å². The van der Waals surface area contributed by atoms with Crippen molar-refractivity contribution in [2.45, 2.75) is 6.92 Å². The fourth-order valence-electron chi connectivity index (χ4n) is 0.932. The molecule has 0 aliphatic rings. The SMILES string of the molecule is CCO[Si](Cl)(OC)Oc1ccccc1.